The van der Waals surface area contributed by atoms with Gasteiger partial charge in [-0.3, -0.25) is 4.79 Å². The number of hydrogen-bond donors (Lipinski definition) is 1. The zero-order valence-electron chi connectivity index (χ0n) is 9.51. The molecule has 92 valence electrons. The van der Waals surface area contributed by atoms with E-state index in [0.717, 1.165) is 5.56 Å². The maximum Gasteiger partial charge on any atom is 0.303 e. The SMILES string of the molecule is Cc1ccc2c(c1)C(CC(=O)O)CCS2(=O)=O. The molecule has 17 heavy (non-hydrogen) atoms. The van der Waals surface area contributed by atoms with Gasteiger partial charge in [0.1, 0.15) is 0 Å². The molecule has 0 saturated carbocycles. The van der Waals surface area contributed by atoms with Crippen LogP contribution in [0, 0.1) is 6.92 Å². The Labute approximate surface area is 100 Å². The van der Waals surface area contributed by atoms with Gasteiger partial charge in [0.15, 0.2) is 9.84 Å². The molecule has 1 aliphatic rings. The third-order valence-electron chi connectivity index (χ3n) is 3.10. The lowest BCUT2D eigenvalue weighted by Gasteiger charge is -2.24. The lowest BCUT2D eigenvalue weighted by Crippen LogP contribution is -2.22. The number of aryl methyl sites for hydroxylation is 1. The number of aliphatic carboxylic acids is 1. The van der Waals surface area contributed by atoms with E-state index >= 15 is 0 Å². The molecule has 0 spiro atoms. The van der Waals surface area contributed by atoms with Crippen molar-refractivity contribution in [3.05, 3.63) is 29.3 Å². The van der Waals surface area contributed by atoms with Crippen LogP contribution in [0.3, 0.4) is 0 Å². The van der Waals surface area contributed by atoms with E-state index in [-0.39, 0.29) is 18.1 Å². The van der Waals surface area contributed by atoms with E-state index in [2.05, 4.69) is 0 Å². The van der Waals surface area contributed by atoms with Gasteiger partial charge in [0.05, 0.1) is 17.1 Å². The molecule has 0 aliphatic carbocycles. The summed E-state index contributed by atoms with van der Waals surface area (Å²) in [5.41, 5.74) is 1.62. The maximum atomic E-state index is 11.9. The zero-order valence-corrected chi connectivity index (χ0v) is 10.3. The highest BCUT2D eigenvalue weighted by molar-refractivity contribution is 7.91. The van der Waals surface area contributed by atoms with E-state index < -0.39 is 15.8 Å². The number of hydrogen-bond acceptors (Lipinski definition) is 3. The monoisotopic (exact) mass is 254 g/mol. The van der Waals surface area contributed by atoms with Gasteiger partial charge in [0.25, 0.3) is 0 Å². The van der Waals surface area contributed by atoms with Crippen molar-refractivity contribution < 1.29 is 18.3 Å². The second-order valence-electron chi connectivity index (χ2n) is 4.44. The molecule has 0 amide bonds. The van der Waals surface area contributed by atoms with Gasteiger partial charge in [0.2, 0.25) is 0 Å². The summed E-state index contributed by atoms with van der Waals surface area (Å²) in [7, 11) is -3.22. The second-order valence-corrected chi connectivity index (χ2v) is 6.52. The van der Waals surface area contributed by atoms with Gasteiger partial charge in [-0.1, -0.05) is 17.7 Å². The molecule has 1 N–H and O–H groups in total. The summed E-state index contributed by atoms with van der Waals surface area (Å²) in [5, 5.41) is 8.84. The Morgan fingerprint density at radius 3 is 2.82 bits per heavy atom. The van der Waals surface area contributed by atoms with Crippen molar-refractivity contribution in [1.29, 1.82) is 0 Å². The Bertz CT molecular complexity index is 560. The van der Waals surface area contributed by atoms with Crippen LogP contribution in [-0.2, 0) is 14.6 Å². The van der Waals surface area contributed by atoms with Crippen molar-refractivity contribution in [3.8, 4) is 0 Å². The topological polar surface area (TPSA) is 71.4 Å². The van der Waals surface area contributed by atoms with Crippen LogP contribution in [0.2, 0.25) is 0 Å². The molecular weight excluding hydrogens is 240 g/mol. The summed E-state index contributed by atoms with van der Waals surface area (Å²) < 4.78 is 23.7. The summed E-state index contributed by atoms with van der Waals surface area (Å²) in [4.78, 5) is 11.1. The van der Waals surface area contributed by atoms with Crippen molar-refractivity contribution in [2.45, 2.75) is 30.6 Å². The summed E-state index contributed by atoms with van der Waals surface area (Å²) in [6.07, 6.45) is 0.386. The number of carboxylic acid groups (broad SMARTS) is 1. The predicted octanol–water partition coefficient (Wildman–Crippen LogP) is 1.73. The van der Waals surface area contributed by atoms with Gasteiger partial charge in [-0.15, -0.1) is 0 Å². The molecule has 1 heterocycles. The van der Waals surface area contributed by atoms with Crippen LogP contribution in [-0.4, -0.2) is 25.2 Å². The normalized spacial score (nSPS) is 21.8. The molecule has 1 aromatic carbocycles. The largest absolute Gasteiger partial charge is 0.481 e. The highest BCUT2D eigenvalue weighted by Crippen LogP contribution is 2.36. The lowest BCUT2D eigenvalue weighted by molar-refractivity contribution is -0.137. The zero-order chi connectivity index (χ0) is 12.6. The average molecular weight is 254 g/mol. The molecule has 0 fully saturated rings. The molecule has 1 aromatic rings. The van der Waals surface area contributed by atoms with Crippen LogP contribution in [0.25, 0.3) is 0 Å². The smallest absolute Gasteiger partial charge is 0.303 e. The molecule has 1 aliphatic heterocycles. The van der Waals surface area contributed by atoms with Gasteiger partial charge in [-0.25, -0.2) is 8.42 Å². The fraction of sp³-hybridized carbons (Fsp3) is 0.417. The Balaban J connectivity index is 2.53. The van der Waals surface area contributed by atoms with E-state index in [1.165, 1.54) is 0 Å². The summed E-state index contributed by atoms with van der Waals surface area (Å²) in [5.74, 6) is -1.03. The van der Waals surface area contributed by atoms with E-state index in [1.807, 2.05) is 6.92 Å². The van der Waals surface area contributed by atoms with Gasteiger partial charge in [0, 0.05) is 0 Å². The Morgan fingerprint density at radius 2 is 2.18 bits per heavy atom. The Kier molecular flexibility index (Phi) is 2.95. The molecule has 0 saturated heterocycles. The van der Waals surface area contributed by atoms with Crippen molar-refractivity contribution in [2.75, 3.05) is 5.75 Å². The van der Waals surface area contributed by atoms with Crippen LogP contribution >= 0.6 is 0 Å². The minimum absolute atomic E-state index is 0.00796. The van der Waals surface area contributed by atoms with Crippen LogP contribution in [0.15, 0.2) is 23.1 Å². The molecule has 0 radical (unpaired) electrons. The summed E-state index contributed by atoms with van der Waals surface area (Å²) >= 11 is 0. The maximum absolute atomic E-state index is 11.9. The van der Waals surface area contributed by atoms with E-state index in [4.69, 9.17) is 5.11 Å². The second kappa shape index (κ2) is 4.14. The Morgan fingerprint density at radius 1 is 1.47 bits per heavy atom. The Hall–Kier alpha value is -1.36. The first-order valence-electron chi connectivity index (χ1n) is 5.45. The van der Waals surface area contributed by atoms with Gasteiger partial charge >= 0.3 is 5.97 Å². The first kappa shape index (κ1) is 12.1. The van der Waals surface area contributed by atoms with Gasteiger partial charge < -0.3 is 5.11 Å². The molecule has 2 rings (SSSR count). The molecular formula is C12H14O4S. The first-order valence-corrected chi connectivity index (χ1v) is 7.10. The minimum atomic E-state index is -3.22. The number of rotatable bonds is 2. The molecule has 0 aromatic heterocycles. The summed E-state index contributed by atoms with van der Waals surface area (Å²) in [6, 6.07) is 5.13. The quantitative estimate of drug-likeness (QED) is 0.872. The predicted molar refractivity (Wildman–Crippen MR) is 62.8 cm³/mol. The highest BCUT2D eigenvalue weighted by atomic mass is 32.2. The number of sulfone groups is 1. The van der Waals surface area contributed by atoms with Crippen molar-refractivity contribution in [1.82, 2.24) is 0 Å². The fourth-order valence-electron chi connectivity index (χ4n) is 2.26. The van der Waals surface area contributed by atoms with Gasteiger partial charge in [-0.05, 0) is 30.9 Å². The molecule has 0 bridgehead atoms. The van der Waals surface area contributed by atoms with Gasteiger partial charge in [-0.2, -0.15) is 0 Å². The van der Waals surface area contributed by atoms with Crippen molar-refractivity contribution >= 4 is 15.8 Å². The number of carboxylic acids is 1. The number of fused-ring (bicyclic) bond motifs is 1. The fourth-order valence-corrected chi connectivity index (χ4v) is 3.93. The van der Waals surface area contributed by atoms with E-state index in [1.54, 1.807) is 18.2 Å². The third-order valence-corrected chi connectivity index (χ3v) is 4.91. The standard InChI is InChI=1S/C12H14O4S/c1-8-2-3-11-10(6-8)9(7-12(13)14)4-5-17(11,15)16/h2-3,6,9H,4-5,7H2,1H3,(H,13,14). The number of carbonyl (C=O) groups is 1. The van der Waals surface area contributed by atoms with Crippen molar-refractivity contribution in [2.24, 2.45) is 0 Å². The summed E-state index contributed by atoms with van der Waals surface area (Å²) in [6.45, 7) is 1.87. The number of benzene rings is 1. The molecule has 4 nitrogen and oxygen atoms in total. The average Bonchev–Trinajstić information content (AvgIpc) is 2.22. The molecule has 5 heteroatoms. The van der Waals surface area contributed by atoms with Crippen LogP contribution in [0.1, 0.15) is 29.9 Å². The highest BCUT2D eigenvalue weighted by Gasteiger charge is 2.31. The molecule has 1 atom stereocenters. The lowest BCUT2D eigenvalue weighted by atomic mass is 9.91. The van der Waals surface area contributed by atoms with E-state index in [9.17, 15) is 13.2 Å². The first-order chi connectivity index (χ1) is 7.90. The van der Waals surface area contributed by atoms with Crippen molar-refractivity contribution in [3.63, 3.8) is 0 Å². The minimum Gasteiger partial charge on any atom is -0.481 e. The van der Waals surface area contributed by atoms with Crippen LogP contribution in [0.4, 0.5) is 0 Å². The van der Waals surface area contributed by atoms with Crippen LogP contribution < -0.4 is 0 Å². The third kappa shape index (κ3) is 2.34. The van der Waals surface area contributed by atoms with Crippen LogP contribution in [0.5, 0.6) is 0 Å². The van der Waals surface area contributed by atoms with E-state index in [0.29, 0.717) is 16.9 Å². The molecule has 1 unspecified atom stereocenters.